The summed E-state index contributed by atoms with van der Waals surface area (Å²) in [6.07, 6.45) is 1.75. The molecule has 4 rings (SSSR count). The minimum atomic E-state index is -3.67. The van der Waals surface area contributed by atoms with E-state index in [1.807, 2.05) is 30.3 Å². The summed E-state index contributed by atoms with van der Waals surface area (Å²) in [6, 6.07) is 14.6. The highest BCUT2D eigenvalue weighted by molar-refractivity contribution is 7.89. The van der Waals surface area contributed by atoms with Crippen LogP contribution in [0, 0.1) is 11.8 Å². The Morgan fingerprint density at radius 3 is 2.33 bits per heavy atom. The number of piperidine rings is 1. The summed E-state index contributed by atoms with van der Waals surface area (Å²) >= 11 is 0. The van der Waals surface area contributed by atoms with Gasteiger partial charge in [-0.15, -0.1) is 0 Å². The van der Waals surface area contributed by atoms with Crippen molar-refractivity contribution in [3.63, 3.8) is 0 Å². The smallest absolute Gasteiger partial charge is 0.243 e. The second-order valence-electron chi connectivity index (χ2n) is 8.98. The molecule has 2 aliphatic heterocycles. The molecule has 2 heterocycles. The van der Waals surface area contributed by atoms with Gasteiger partial charge in [0.1, 0.15) is 0 Å². The maximum atomic E-state index is 13.2. The summed E-state index contributed by atoms with van der Waals surface area (Å²) in [4.78, 5) is 13.2. The van der Waals surface area contributed by atoms with E-state index < -0.39 is 10.0 Å². The lowest BCUT2D eigenvalue weighted by Crippen LogP contribution is -2.44. The molecule has 0 spiro atoms. The number of hydrogen-bond donors (Lipinski definition) is 1. The van der Waals surface area contributed by atoms with Crippen molar-refractivity contribution in [2.45, 2.75) is 44.0 Å². The number of rotatable bonds is 6. The third-order valence-corrected chi connectivity index (χ3v) is 8.20. The molecular weight excluding hydrogens is 440 g/mol. The van der Waals surface area contributed by atoms with Gasteiger partial charge in [-0.1, -0.05) is 44.2 Å². The molecule has 8 heteroatoms. The number of carbonyl (C=O) groups excluding carboxylic acids is 1. The molecule has 2 aromatic rings. The number of carbonyl (C=O) groups is 1. The van der Waals surface area contributed by atoms with Crippen LogP contribution >= 0.6 is 0 Å². The van der Waals surface area contributed by atoms with Gasteiger partial charge in [-0.3, -0.25) is 4.79 Å². The molecule has 2 aliphatic rings. The average molecular weight is 473 g/mol. The van der Waals surface area contributed by atoms with Gasteiger partial charge in [0.25, 0.3) is 0 Å². The lowest BCUT2D eigenvalue weighted by atomic mass is 9.93. The predicted octanol–water partition coefficient (Wildman–Crippen LogP) is 3.76. The van der Waals surface area contributed by atoms with Crippen molar-refractivity contribution in [3.05, 3.63) is 54.1 Å². The van der Waals surface area contributed by atoms with Crippen LogP contribution in [0.15, 0.2) is 53.4 Å². The van der Waals surface area contributed by atoms with Crippen LogP contribution in [0.4, 0.5) is 0 Å². The maximum Gasteiger partial charge on any atom is 0.243 e. The zero-order valence-electron chi connectivity index (χ0n) is 19.2. The summed E-state index contributed by atoms with van der Waals surface area (Å²) in [5.41, 5.74) is 1.08. The van der Waals surface area contributed by atoms with Crippen LogP contribution in [0.5, 0.6) is 11.5 Å². The van der Waals surface area contributed by atoms with Gasteiger partial charge < -0.3 is 14.8 Å². The third kappa shape index (κ3) is 5.33. The van der Waals surface area contributed by atoms with Crippen molar-refractivity contribution >= 4 is 15.9 Å². The lowest BCUT2D eigenvalue weighted by Gasteiger charge is -2.32. The van der Waals surface area contributed by atoms with Gasteiger partial charge in [0.15, 0.2) is 11.5 Å². The molecule has 1 unspecified atom stereocenters. The van der Waals surface area contributed by atoms with E-state index in [4.69, 9.17) is 9.47 Å². The second-order valence-corrected chi connectivity index (χ2v) is 10.9. The highest BCUT2D eigenvalue weighted by Gasteiger charge is 2.33. The monoisotopic (exact) mass is 472 g/mol. The van der Waals surface area contributed by atoms with Crippen LogP contribution in [0.25, 0.3) is 0 Å². The molecular formula is C25H32N2O5S. The molecule has 33 heavy (non-hydrogen) atoms. The number of nitrogens with one attached hydrogen (secondary N) is 1. The SMILES string of the molecule is CC(C)C(NC(=O)C1CCN(S(=O)(=O)c2ccc3c(c2)OCCCO3)CC1)c1ccccc1. The average Bonchev–Trinajstić information content (AvgIpc) is 3.08. The topological polar surface area (TPSA) is 84.9 Å². The van der Waals surface area contributed by atoms with E-state index in [0.717, 1.165) is 12.0 Å². The van der Waals surface area contributed by atoms with Crippen molar-refractivity contribution in [3.8, 4) is 11.5 Å². The van der Waals surface area contributed by atoms with E-state index in [1.54, 1.807) is 18.2 Å². The van der Waals surface area contributed by atoms with Gasteiger partial charge in [0.05, 0.1) is 24.2 Å². The molecule has 0 radical (unpaired) electrons. The van der Waals surface area contributed by atoms with Gasteiger partial charge >= 0.3 is 0 Å². The van der Waals surface area contributed by atoms with Crippen molar-refractivity contribution < 1.29 is 22.7 Å². The first-order valence-electron chi connectivity index (χ1n) is 11.6. The first-order valence-corrected chi connectivity index (χ1v) is 13.1. The van der Waals surface area contributed by atoms with Gasteiger partial charge in [-0.25, -0.2) is 8.42 Å². The maximum absolute atomic E-state index is 13.2. The summed E-state index contributed by atoms with van der Waals surface area (Å²) < 4.78 is 39.2. The van der Waals surface area contributed by atoms with E-state index in [9.17, 15) is 13.2 Å². The minimum Gasteiger partial charge on any atom is -0.490 e. The Bertz CT molecular complexity index is 1060. The fourth-order valence-corrected chi connectivity index (χ4v) is 5.86. The Labute approximate surface area is 196 Å². The molecule has 1 N–H and O–H groups in total. The molecule has 0 saturated carbocycles. The molecule has 0 bridgehead atoms. The van der Waals surface area contributed by atoms with Crippen LogP contribution < -0.4 is 14.8 Å². The summed E-state index contributed by atoms with van der Waals surface area (Å²) in [7, 11) is -3.67. The molecule has 1 fully saturated rings. The third-order valence-electron chi connectivity index (χ3n) is 6.30. The highest BCUT2D eigenvalue weighted by Crippen LogP contribution is 2.34. The fourth-order valence-electron chi connectivity index (χ4n) is 4.38. The summed E-state index contributed by atoms with van der Waals surface area (Å²) in [5, 5.41) is 3.19. The van der Waals surface area contributed by atoms with Gasteiger partial charge in [0.2, 0.25) is 15.9 Å². The van der Waals surface area contributed by atoms with E-state index in [-0.39, 0.29) is 28.7 Å². The molecule has 2 aromatic carbocycles. The van der Waals surface area contributed by atoms with Crippen molar-refractivity contribution in [2.75, 3.05) is 26.3 Å². The van der Waals surface area contributed by atoms with Gasteiger partial charge in [0, 0.05) is 31.5 Å². The number of sulfonamides is 1. The molecule has 0 aliphatic carbocycles. The van der Waals surface area contributed by atoms with Crippen LogP contribution in [0.1, 0.15) is 44.7 Å². The van der Waals surface area contributed by atoms with Crippen molar-refractivity contribution in [2.24, 2.45) is 11.8 Å². The summed E-state index contributed by atoms with van der Waals surface area (Å²) in [6.45, 7) is 5.85. The number of amides is 1. The number of nitrogens with zero attached hydrogens (tertiary/aromatic N) is 1. The van der Waals surface area contributed by atoms with Gasteiger partial charge in [-0.2, -0.15) is 4.31 Å². The van der Waals surface area contributed by atoms with Crippen LogP contribution in [-0.2, 0) is 14.8 Å². The van der Waals surface area contributed by atoms with E-state index in [0.29, 0.717) is 50.6 Å². The summed E-state index contributed by atoms with van der Waals surface area (Å²) in [5.74, 6) is 1.06. The zero-order valence-corrected chi connectivity index (χ0v) is 20.0. The predicted molar refractivity (Wildman–Crippen MR) is 126 cm³/mol. The quantitative estimate of drug-likeness (QED) is 0.692. The Hall–Kier alpha value is -2.58. The molecule has 1 saturated heterocycles. The van der Waals surface area contributed by atoms with Gasteiger partial charge in [-0.05, 0) is 36.5 Å². The van der Waals surface area contributed by atoms with Crippen molar-refractivity contribution in [1.29, 1.82) is 0 Å². The Balaban J connectivity index is 1.40. The van der Waals surface area contributed by atoms with E-state index in [1.165, 1.54) is 4.31 Å². The number of benzene rings is 2. The lowest BCUT2D eigenvalue weighted by molar-refractivity contribution is -0.127. The molecule has 0 aromatic heterocycles. The number of hydrogen-bond acceptors (Lipinski definition) is 5. The largest absolute Gasteiger partial charge is 0.490 e. The number of fused-ring (bicyclic) bond motifs is 1. The Morgan fingerprint density at radius 1 is 1.00 bits per heavy atom. The normalized spacial score (nSPS) is 18.5. The molecule has 1 atom stereocenters. The molecule has 178 valence electrons. The zero-order chi connectivity index (χ0) is 23.4. The van der Waals surface area contributed by atoms with Crippen LogP contribution in [0.3, 0.4) is 0 Å². The number of ether oxygens (including phenoxy) is 2. The first-order chi connectivity index (χ1) is 15.9. The fraction of sp³-hybridized carbons (Fsp3) is 0.480. The van der Waals surface area contributed by atoms with E-state index in [2.05, 4.69) is 19.2 Å². The second kappa shape index (κ2) is 10.1. The Kier molecular flexibility index (Phi) is 7.24. The highest BCUT2D eigenvalue weighted by atomic mass is 32.2. The van der Waals surface area contributed by atoms with Crippen molar-refractivity contribution in [1.82, 2.24) is 9.62 Å². The molecule has 1 amide bonds. The standard InChI is InChI=1S/C25H32N2O5S/c1-18(2)24(19-7-4-3-5-8-19)26-25(28)20-11-13-27(14-12-20)33(29,30)21-9-10-22-23(17-21)32-16-6-15-31-22/h3-5,7-10,17-18,20,24H,6,11-16H2,1-2H3,(H,26,28). The first kappa shape index (κ1) is 23.6. The molecule has 7 nitrogen and oxygen atoms in total. The van der Waals surface area contributed by atoms with Crippen LogP contribution in [-0.4, -0.2) is 44.9 Å². The Morgan fingerprint density at radius 2 is 1.67 bits per heavy atom. The minimum absolute atomic E-state index is 0.00909. The van der Waals surface area contributed by atoms with E-state index >= 15 is 0 Å². The van der Waals surface area contributed by atoms with Crippen LogP contribution in [0.2, 0.25) is 0 Å².